The molecule has 0 saturated heterocycles. The van der Waals surface area contributed by atoms with E-state index in [4.69, 9.17) is 0 Å². The Morgan fingerprint density at radius 1 is 0.853 bits per heavy atom. The summed E-state index contributed by atoms with van der Waals surface area (Å²) in [6.45, 7) is 0. The first-order valence-electron chi connectivity index (χ1n) is 9.79. The zero-order valence-electron chi connectivity index (χ0n) is 17.2. The van der Waals surface area contributed by atoms with Crippen molar-refractivity contribution >= 4 is 17.4 Å². The molecule has 0 aliphatic rings. The number of rotatable bonds is 7. The van der Waals surface area contributed by atoms with Crippen LogP contribution in [-0.4, -0.2) is 11.7 Å². The van der Waals surface area contributed by atoms with E-state index < -0.39 is 59.2 Å². The van der Waals surface area contributed by atoms with E-state index in [-0.39, 0.29) is 17.5 Å². The SMILES string of the molecule is O=C(Cc1cccc(C(F)F)c1)Cc1ccc(NC(=O)c2cc(F)ccc2F)c(C(F)(F)F)c1. The minimum Gasteiger partial charge on any atom is -0.321 e. The Labute approximate surface area is 189 Å². The first kappa shape index (κ1) is 24.9. The molecule has 1 N–H and O–H groups in total. The molecule has 34 heavy (non-hydrogen) atoms. The highest BCUT2D eigenvalue weighted by Crippen LogP contribution is 2.36. The first-order chi connectivity index (χ1) is 15.9. The average Bonchev–Trinajstić information content (AvgIpc) is 2.75. The Morgan fingerprint density at radius 2 is 1.53 bits per heavy atom. The van der Waals surface area contributed by atoms with Crippen LogP contribution in [0.3, 0.4) is 0 Å². The van der Waals surface area contributed by atoms with Crippen LogP contribution in [0.5, 0.6) is 0 Å². The number of carbonyl (C=O) groups excluding carboxylic acids is 2. The van der Waals surface area contributed by atoms with Gasteiger partial charge in [0.15, 0.2) is 0 Å². The number of hydrogen-bond acceptors (Lipinski definition) is 2. The van der Waals surface area contributed by atoms with Gasteiger partial charge < -0.3 is 5.32 Å². The summed E-state index contributed by atoms with van der Waals surface area (Å²) in [6.07, 6.45) is -8.35. The van der Waals surface area contributed by atoms with Crippen LogP contribution in [0.15, 0.2) is 60.7 Å². The maximum Gasteiger partial charge on any atom is 0.418 e. The number of amides is 1. The second-order valence-corrected chi connectivity index (χ2v) is 7.39. The highest BCUT2D eigenvalue weighted by atomic mass is 19.4. The lowest BCUT2D eigenvalue weighted by atomic mass is 9.99. The smallest absolute Gasteiger partial charge is 0.321 e. The summed E-state index contributed by atoms with van der Waals surface area (Å²) >= 11 is 0. The predicted octanol–water partition coefficient (Wildman–Crippen LogP) is 6.53. The van der Waals surface area contributed by atoms with Crippen LogP contribution in [0.25, 0.3) is 0 Å². The molecular weight excluding hydrogens is 467 g/mol. The van der Waals surface area contributed by atoms with Crippen LogP contribution in [0, 0.1) is 11.6 Å². The molecule has 3 aromatic rings. The van der Waals surface area contributed by atoms with Crippen molar-refractivity contribution in [2.45, 2.75) is 25.4 Å². The normalized spacial score (nSPS) is 11.5. The van der Waals surface area contributed by atoms with Gasteiger partial charge in [-0.05, 0) is 47.5 Å². The van der Waals surface area contributed by atoms with Crippen LogP contribution in [0.1, 0.15) is 39.0 Å². The van der Waals surface area contributed by atoms with E-state index in [2.05, 4.69) is 0 Å². The Kier molecular flexibility index (Phi) is 7.38. The monoisotopic (exact) mass is 483 g/mol. The third-order valence-corrected chi connectivity index (χ3v) is 4.82. The van der Waals surface area contributed by atoms with E-state index in [1.807, 2.05) is 5.32 Å². The average molecular weight is 483 g/mol. The molecule has 0 aliphatic carbocycles. The van der Waals surface area contributed by atoms with E-state index in [0.717, 1.165) is 18.2 Å². The molecule has 3 nitrogen and oxygen atoms in total. The molecule has 0 atom stereocenters. The minimum atomic E-state index is -4.94. The van der Waals surface area contributed by atoms with E-state index >= 15 is 0 Å². The third-order valence-electron chi connectivity index (χ3n) is 4.82. The summed E-state index contributed by atoms with van der Waals surface area (Å²) < 4.78 is 93.5. The van der Waals surface area contributed by atoms with Gasteiger partial charge in [0, 0.05) is 18.4 Å². The maximum absolute atomic E-state index is 13.8. The molecule has 0 aromatic heterocycles. The van der Waals surface area contributed by atoms with Gasteiger partial charge in [-0.1, -0.05) is 24.3 Å². The standard InChI is InChI=1S/C24H16F7NO2/c25-16-5-6-20(26)18(12-16)23(34)32-21-7-4-14(11-19(21)24(29,30)31)10-17(33)9-13-2-1-3-15(8-13)22(27)28/h1-8,11-12,22H,9-10H2,(H,32,34). The van der Waals surface area contributed by atoms with E-state index in [1.165, 1.54) is 24.3 Å². The molecule has 3 rings (SSSR count). The lowest BCUT2D eigenvalue weighted by Crippen LogP contribution is -2.18. The Morgan fingerprint density at radius 3 is 2.18 bits per heavy atom. The van der Waals surface area contributed by atoms with Gasteiger partial charge in [0.25, 0.3) is 12.3 Å². The Balaban J connectivity index is 1.80. The zero-order chi connectivity index (χ0) is 25.0. The largest absolute Gasteiger partial charge is 0.418 e. The second-order valence-electron chi connectivity index (χ2n) is 7.39. The van der Waals surface area contributed by atoms with Crippen molar-refractivity contribution in [1.82, 2.24) is 0 Å². The highest BCUT2D eigenvalue weighted by molar-refractivity contribution is 6.05. The van der Waals surface area contributed by atoms with E-state index in [9.17, 15) is 40.3 Å². The van der Waals surface area contributed by atoms with E-state index in [0.29, 0.717) is 23.8 Å². The van der Waals surface area contributed by atoms with Crippen LogP contribution in [0.4, 0.5) is 36.4 Å². The number of alkyl halides is 5. The molecule has 0 aliphatic heterocycles. The number of carbonyl (C=O) groups is 2. The number of hydrogen-bond donors (Lipinski definition) is 1. The fourth-order valence-electron chi connectivity index (χ4n) is 3.26. The molecule has 0 heterocycles. The van der Waals surface area contributed by atoms with Gasteiger partial charge in [-0.3, -0.25) is 9.59 Å². The summed E-state index contributed by atoms with van der Waals surface area (Å²) in [7, 11) is 0. The lowest BCUT2D eigenvalue weighted by Gasteiger charge is -2.16. The van der Waals surface area contributed by atoms with Crippen molar-refractivity contribution in [3.63, 3.8) is 0 Å². The fourth-order valence-corrected chi connectivity index (χ4v) is 3.26. The van der Waals surface area contributed by atoms with Gasteiger partial charge in [0.05, 0.1) is 16.8 Å². The minimum absolute atomic E-state index is 0.0303. The zero-order valence-corrected chi connectivity index (χ0v) is 17.2. The molecule has 0 saturated carbocycles. The third kappa shape index (κ3) is 6.21. The van der Waals surface area contributed by atoms with Crippen molar-refractivity contribution in [2.75, 3.05) is 5.32 Å². The van der Waals surface area contributed by atoms with Crippen molar-refractivity contribution in [1.29, 1.82) is 0 Å². The summed E-state index contributed by atoms with van der Waals surface area (Å²) in [5, 5.41) is 1.92. The van der Waals surface area contributed by atoms with Crippen molar-refractivity contribution in [2.24, 2.45) is 0 Å². The number of Topliss-reactive ketones (excluding diaryl/α,β-unsaturated/α-hetero) is 1. The Bertz CT molecular complexity index is 1220. The number of anilines is 1. The highest BCUT2D eigenvalue weighted by Gasteiger charge is 2.34. The number of nitrogens with one attached hydrogen (secondary N) is 1. The van der Waals surface area contributed by atoms with Gasteiger partial charge in [0.2, 0.25) is 0 Å². The molecule has 0 fully saturated rings. The summed E-state index contributed by atoms with van der Waals surface area (Å²) in [6, 6.07) is 9.84. The second kappa shape index (κ2) is 10.1. The van der Waals surface area contributed by atoms with Gasteiger partial charge in [-0.15, -0.1) is 0 Å². The van der Waals surface area contributed by atoms with Crippen LogP contribution in [-0.2, 0) is 23.8 Å². The molecule has 178 valence electrons. The van der Waals surface area contributed by atoms with Gasteiger partial charge in [-0.25, -0.2) is 17.6 Å². The van der Waals surface area contributed by atoms with E-state index in [1.54, 1.807) is 0 Å². The number of benzene rings is 3. The number of halogens is 7. The van der Waals surface area contributed by atoms with Crippen LogP contribution in [0.2, 0.25) is 0 Å². The summed E-state index contributed by atoms with van der Waals surface area (Å²) in [5.41, 5.74) is -2.79. The van der Waals surface area contributed by atoms with Gasteiger partial charge in [-0.2, -0.15) is 13.2 Å². The molecule has 3 aromatic carbocycles. The van der Waals surface area contributed by atoms with Crippen LogP contribution >= 0.6 is 0 Å². The molecular formula is C24H16F7NO2. The summed E-state index contributed by atoms with van der Waals surface area (Å²) in [5.74, 6) is -3.87. The molecule has 0 spiro atoms. The lowest BCUT2D eigenvalue weighted by molar-refractivity contribution is -0.137. The quantitative estimate of drug-likeness (QED) is 0.389. The van der Waals surface area contributed by atoms with Crippen LogP contribution < -0.4 is 5.32 Å². The van der Waals surface area contributed by atoms with Gasteiger partial charge in [0.1, 0.15) is 17.4 Å². The number of ketones is 1. The van der Waals surface area contributed by atoms with Crippen molar-refractivity contribution in [3.05, 3.63) is 100 Å². The molecule has 0 unspecified atom stereocenters. The molecule has 0 radical (unpaired) electrons. The molecule has 0 bridgehead atoms. The fraction of sp³-hybridized carbons (Fsp3) is 0.167. The van der Waals surface area contributed by atoms with Crippen molar-refractivity contribution < 1.29 is 40.3 Å². The topological polar surface area (TPSA) is 46.2 Å². The maximum atomic E-state index is 13.8. The van der Waals surface area contributed by atoms with Crippen molar-refractivity contribution in [3.8, 4) is 0 Å². The molecule has 1 amide bonds. The van der Waals surface area contributed by atoms with Gasteiger partial charge >= 0.3 is 6.18 Å². The Hall–Kier alpha value is -3.69. The molecule has 10 heteroatoms. The predicted molar refractivity (Wildman–Crippen MR) is 110 cm³/mol. The summed E-state index contributed by atoms with van der Waals surface area (Å²) in [4.78, 5) is 24.5. The first-order valence-corrected chi connectivity index (χ1v) is 9.79.